The first kappa shape index (κ1) is 19.6. The van der Waals surface area contributed by atoms with E-state index in [0.717, 1.165) is 10.5 Å². The Morgan fingerprint density at radius 2 is 1.54 bits per heavy atom. The molecule has 3 aromatic carbocycles. The van der Waals surface area contributed by atoms with Crippen LogP contribution in [0.4, 0.5) is 15.8 Å². The van der Waals surface area contributed by atoms with E-state index in [1.54, 1.807) is 0 Å². The molecule has 2 amide bonds. The van der Waals surface area contributed by atoms with Gasteiger partial charge in [-0.05, 0) is 35.9 Å². The smallest absolute Gasteiger partial charge is 0.242 e. The highest BCUT2D eigenvalue weighted by molar-refractivity contribution is 8.00. The summed E-state index contributed by atoms with van der Waals surface area (Å²) < 4.78 is 13.8. The Balaban J connectivity index is 1.84. The van der Waals surface area contributed by atoms with E-state index >= 15 is 0 Å². The van der Waals surface area contributed by atoms with E-state index in [1.807, 2.05) is 60.7 Å². The summed E-state index contributed by atoms with van der Waals surface area (Å²) in [5.41, 5.74) is 1.29. The molecule has 4 nitrogen and oxygen atoms in total. The fourth-order valence-electron chi connectivity index (χ4n) is 2.63. The zero-order valence-corrected chi connectivity index (χ0v) is 16.0. The quantitative estimate of drug-likeness (QED) is 0.561. The zero-order valence-electron chi connectivity index (χ0n) is 15.2. The van der Waals surface area contributed by atoms with Crippen LogP contribution in [0.15, 0.2) is 83.8 Å². The van der Waals surface area contributed by atoms with Crippen molar-refractivity contribution in [1.29, 1.82) is 0 Å². The van der Waals surface area contributed by atoms with Crippen LogP contribution in [0.1, 0.15) is 17.7 Å². The summed E-state index contributed by atoms with van der Waals surface area (Å²) >= 11 is 1.43. The van der Waals surface area contributed by atoms with E-state index < -0.39 is 11.1 Å². The van der Waals surface area contributed by atoms with Crippen LogP contribution in [0.5, 0.6) is 0 Å². The van der Waals surface area contributed by atoms with Crippen LogP contribution in [0, 0.1) is 5.82 Å². The predicted molar refractivity (Wildman–Crippen MR) is 111 cm³/mol. The lowest BCUT2D eigenvalue weighted by Crippen LogP contribution is -2.19. The van der Waals surface area contributed by atoms with Crippen molar-refractivity contribution in [2.24, 2.45) is 0 Å². The Bertz CT molecular complexity index is 965. The second kappa shape index (κ2) is 9.19. The molecule has 3 rings (SSSR count). The van der Waals surface area contributed by atoms with E-state index in [-0.39, 0.29) is 17.5 Å². The summed E-state index contributed by atoms with van der Waals surface area (Å²) in [6, 6.07) is 23.2. The molecule has 0 aliphatic heterocycles. The first-order valence-electron chi connectivity index (χ1n) is 8.67. The zero-order chi connectivity index (χ0) is 19.9. The first-order valence-corrected chi connectivity index (χ1v) is 9.55. The fourth-order valence-corrected chi connectivity index (χ4v) is 3.68. The SMILES string of the molecule is CC(=O)Nc1cc(NC(=O)C(Sc2ccccc2)c2ccccc2)ccc1F. The summed E-state index contributed by atoms with van der Waals surface area (Å²) in [6.45, 7) is 1.30. The Kier molecular flexibility index (Phi) is 6.45. The van der Waals surface area contributed by atoms with Crippen molar-refractivity contribution in [3.05, 3.63) is 90.2 Å². The lowest BCUT2D eigenvalue weighted by Gasteiger charge is -2.17. The third-order valence-corrected chi connectivity index (χ3v) is 5.15. The van der Waals surface area contributed by atoms with Crippen molar-refractivity contribution in [1.82, 2.24) is 0 Å². The monoisotopic (exact) mass is 394 g/mol. The van der Waals surface area contributed by atoms with Gasteiger partial charge in [0, 0.05) is 17.5 Å². The number of carbonyl (C=O) groups is 2. The molecule has 0 saturated carbocycles. The molecular weight excluding hydrogens is 375 g/mol. The van der Waals surface area contributed by atoms with Crippen molar-refractivity contribution in [3.63, 3.8) is 0 Å². The fraction of sp³-hybridized carbons (Fsp3) is 0.0909. The van der Waals surface area contributed by atoms with Crippen LogP contribution in [-0.2, 0) is 9.59 Å². The standard InChI is InChI=1S/C22H19FN2O2S/c1-15(26)24-20-14-17(12-13-19(20)23)25-22(27)21(16-8-4-2-5-9-16)28-18-10-6-3-7-11-18/h2-14,21H,1H3,(H,24,26)(H,25,27). The van der Waals surface area contributed by atoms with Crippen molar-refractivity contribution in [3.8, 4) is 0 Å². The van der Waals surface area contributed by atoms with Crippen LogP contribution in [0.2, 0.25) is 0 Å². The van der Waals surface area contributed by atoms with Gasteiger partial charge in [-0.1, -0.05) is 48.5 Å². The molecule has 0 heterocycles. The number of rotatable bonds is 6. The summed E-state index contributed by atoms with van der Waals surface area (Å²) in [7, 11) is 0. The molecule has 1 unspecified atom stereocenters. The van der Waals surface area contributed by atoms with Gasteiger partial charge in [0.1, 0.15) is 11.1 Å². The normalized spacial score (nSPS) is 11.5. The number of hydrogen-bond acceptors (Lipinski definition) is 3. The van der Waals surface area contributed by atoms with Gasteiger partial charge >= 0.3 is 0 Å². The number of amides is 2. The van der Waals surface area contributed by atoms with Gasteiger partial charge in [0.05, 0.1) is 5.69 Å². The first-order chi connectivity index (χ1) is 13.5. The van der Waals surface area contributed by atoms with Crippen LogP contribution < -0.4 is 10.6 Å². The molecule has 0 fully saturated rings. The Labute approximate surface area is 167 Å². The lowest BCUT2D eigenvalue weighted by atomic mass is 10.1. The third kappa shape index (κ3) is 5.20. The second-order valence-corrected chi connectivity index (χ2v) is 7.27. The summed E-state index contributed by atoms with van der Waals surface area (Å²) in [6.07, 6.45) is 0. The lowest BCUT2D eigenvalue weighted by molar-refractivity contribution is -0.116. The maximum atomic E-state index is 13.8. The number of nitrogens with one attached hydrogen (secondary N) is 2. The van der Waals surface area contributed by atoms with Gasteiger partial charge in [-0.3, -0.25) is 9.59 Å². The summed E-state index contributed by atoms with van der Waals surface area (Å²) in [4.78, 5) is 25.2. The van der Waals surface area contributed by atoms with Crippen molar-refractivity contribution >= 4 is 35.0 Å². The molecule has 3 aromatic rings. The third-order valence-electron chi connectivity index (χ3n) is 3.88. The van der Waals surface area contributed by atoms with Crippen molar-refractivity contribution in [2.45, 2.75) is 17.1 Å². The van der Waals surface area contributed by atoms with Crippen LogP contribution in [-0.4, -0.2) is 11.8 Å². The van der Waals surface area contributed by atoms with Gasteiger partial charge in [0.2, 0.25) is 11.8 Å². The minimum atomic E-state index is -0.563. The Hall–Kier alpha value is -3.12. The highest BCUT2D eigenvalue weighted by Gasteiger charge is 2.22. The van der Waals surface area contributed by atoms with Crippen LogP contribution >= 0.6 is 11.8 Å². The summed E-state index contributed by atoms with van der Waals surface area (Å²) in [5, 5.41) is 4.75. The Morgan fingerprint density at radius 1 is 0.893 bits per heavy atom. The van der Waals surface area contributed by atoms with Gasteiger partial charge in [0.15, 0.2) is 0 Å². The molecule has 2 N–H and O–H groups in total. The molecule has 0 spiro atoms. The van der Waals surface area contributed by atoms with E-state index in [2.05, 4.69) is 10.6 Å². The van der Waals surface area contributed by atoms with E-state index in [4.69, 9.17) is 0 Å². The minimum Gasteiger partial charge on any atom is -0.325 e. The molecule has 0 aliphatic carbocycles. The molecular formula is C22H19FN2O2S. The van der Waals surface area contributed by atoms with Crippen LogP contribution in [0.3, 0.4) is 0 Å². The topological polar surface area (TPSA) is 58.2 Å². The maximum absolute atomic E-state index is 13.8. The number of halogens is 1. The predicted octanol–water partition coefficient (Wildman–Crippen LogP) is 5.26. The van der Waals surface area contributed by atoms with Gasteiger partial charge in [-0.25, -0.2) is 4.39 Å². The van der Waals surface area contributed by atoms with Crippen molar-refractivity contribution in [2.75, 3.05) is 10.6 Å². The molecule has 0 saturated heterocycles. The number of carbonyl (C=O) groups excluding carboxylic acids is 2. The van der Waals surface area contributed by atoms with E-state index in [0.29, 0.717) is 5.69 Å². The Morgan fingerprint density at radius 3 is 2.18 bits per heavy atom. The highest BCUT2D eigenvalue weighted by atomic mass is 32.2. The van der Waals surface area contributed by atoms with E-state index in [9.17, 15) is 14.0 Å². The van der Waals surface area contributed by atoms with Gasteiger partial charge < -0.3 is 10.6 Å². The molecule has 6 heteroatoms. The highest BCUT2D eigenvalue weighted by Crippen LogP contribution is 2.36. The number of thioether (sulfide) groups is 1. The molecule has 28 heavy (non-hydrogen) atoms. The summed E-state index contributed by atoms with van der Waals surface area (Å²) in [5.74, 6) is -1.18. The average molecular weight is 394 g/mol. The molecule has 1 atom stereocenters. The van der Waals surface area contributed by atoms with Crippen molar-refractivity contribution < 1.29 is 14.0 Å². The van der Waals surface area contributed by atoms with Gasteiger partial charge in [0.25, 0.3) is 0 Å². The van der Waals surface area contributed by atoms with Crippen LogP contribution in [0.25, 0.3) is 0 Å². The molecule has 0 bridgehead atoms. The second-order valence-electron chi connectivity index (χ2n) is 6.09. The molecule has 0 aliphatic rings. The minimum absolute atomic E-state index is 0.0253. The van der Waals surface area contributed by atoms with Gasteiger partial charge in [-0.15, -0.1) is 11.8 Å². The number of hydrogen-bond donors (Lipinski definition) is 2. The molecule has 0 radical (unpaired) electrons. The van der Waals surface area contributed by atoms with E-state index in [1.165, 1.54) is 36.9 Å². The molecule has 142 valence electrons. The average Bonchev–Trinajstić information content (AvgIpc) is 2.69. The largest absolute Gasteiger partial charge is 0.325 e. The maximum Gasteiger partial charge on any atom is 0.242 e. The number of anilines is 2. The number of benzene rings is 3. The van der Waals surface area contributed by atoms with Gasteiger partial charge in [-0.2, -0.15) is 0 Å². The molecule has 0 aromatic heterocycles.